The molecule has 0 radical (unpaired) electrons. The maximum Gasteiger partial charge on any atom is 0.0572 e. The molecule has 1 fully saturated rings. The van der Waals surface area contributed by atoms with Crippen LogP contribution in [0.15, 0.2) is 0 Å². The maximum atomic E-state index is 9.51. The molecule has 0 bridgehead atoms. The van der Waals surface area contributed by atoms with Gasteiger partial charge in [-0.25, -0.2) is 0 Å². The highest BCUT2D eigenvalue weighted by molar-refractivity contribution is 4.90. The minimum atomic E-state index is -0.146. The van der Waals surface area contributed by atoms with Crippen LogP contribution in [-0.4, -0.2) is 22.9 Å². The van der Waals surface area contributed by atoms with Crippen molar-refractivity contribution >= 4 is 0 Å². The van der Waals surface area contributed by atoms with Gasteiger partial charge < -0.3 is 10.2 Å². The van der Waals surface area contributed by atoms with Gasteiger partial charge in [0.2, 0.25) is 0 Å². The Morgan fingerprint density at radius 2 is 2.27 bits per heavy atom. The second-order valence-electron chi connectivity index (χ2n) is 3.55. The van der Waals surface area contributed by atoms with Crippen LogP contribution >= 0.6 is 0 Å². The quantitative estimate of drug-likeness (QED) is 0.630. The van der Waals surface area contributed by atoms with Crippen molar-refractivity contribution in [2.75, 3.05) is 6.61 Å². The van der Waals surface area contributed by atoms with Crippen LogP contribution < -0.4 is 0 Å². The maximum absolute atomic E-state index is 9.51. The van der Waals surface area contributed by atoms with Crippen molar-refractivity contribution in [1.29, 1.82) is 0 Å². The average Bonchev–Trinajstić information content (AvgIpc) is 2.78. The molecule has 2 heteroatoms. The fraction of sp³-hybridized carbons (Fsp3) is 1.00. The highest BCUT2D eigenvalue weighted by Crippen LogP contribution is 2.41. The molecule has 0 aromatic rings. The summed E-state index contributed by atoms with van der Waals surface area (Å²) in [5.74, 6) is 0.813. The SMILES string of the molecule is CCCCC(O)[C@H]1C[C@H]1CO. The predicted octanol–water partition coefficient (Wildman–Crippen LogP) is 1.17. The summed E-state index contributed by atoms with van der Waals surface area (Å²) >= 11 is 0. The molecule has 1 saturated carbocycles. The molecule has 0 aromatic carbocycles. The van der Waals surface area contributed by atoms with Crippen LogP contribution in [0.25, 0.3) is 0 Å². The van der Waals surface area contributed by atoms with Crippen LogP contribution in [0, 0.1) is 11.8 Å². The van der Waals surface area contributed by atoms with Crippen LogP contribution in [0.1, 0.15) is 32.6 Å². The van der Waals surface area contributed by atoms with Crippen LogP contribution in [0.5, 0.6) is 0 Å². The van der Waals surface area contributed by atoms with Crippen LogP contribution in [0.3, 0.4) is 0 Å². The van der Waals surface area contributed by atoms with Gasteiger partial charge in [-0.2, -0.15) is 0 Å². The van der Waals surface area contributed by atoms with E-state index in [2.05, 4.69) is 6.92 Å². The van der Waals surface area contributed by atoms with Crippen molar-refractivity contribution in [2.24, 2.45) is 11.8 Å². The number of aliphatic hydroxyl groups is 2. The molecule has 0 amide bonds. The Balaban J connectivity index is 2.07. The fourth-order valence-corrected chi connectivity index (χ4v) is 1.58. The number of hydrogen-bond acceptors (Lipinski definition) is 2. The Labute approximate surface area is 68.2 Å². The molecule has 0 aromatic heterocycles. The molecule has 0 heterocycles. The number of aliphatic hydroxyl groups excluding tert-OH is 2. The molecule has 66 valence electrons. The van der Waals surface area contributed by atoms with Crippen molar-refractivity contribution in [3.63, 3.8) is 0 Å². The highest BCUT2D eigenvalue weighted by atomic mass is 16.3. The highest BCUT2D eigenvalue weighted by Gasteiger charge is 2.41. The van der Waals surface area contributed by atoms with Crippen molar-refractivity contribution in [2.45, 2.75) is 38.7 Å². The van der Waals surface area contributed by atoms with E-state index in [1.807, 2.05) is 0 Å². The smallest absolute Gasteiger partial charge is 0.0572 e. The van der Waals surface area contributed by atoms with E-state index in [-0.39, 0.29) is 12.7 Å². The number of unbranched alkanes of at least 4 members (excludes halogenated alkanes) is 1. The molecule has 1 aliphatic carbocycles. The summed E-state index contributed by atoms with van der Waals surface area (Å²) in [6.07, 6.45) is 4.05. The molecule has 1 aliphatic rings. The van der Waals surface area contributed by atoms with Gasteiger partial charge in [-0.1, -0.05) is 19.8 Å². The first-order chi connectivity index (χ1) is 5.29. The Bertz CT molecular complexity index is 114. The van der Waals surface area contributed by atoms with E-state index in [9.17, 15) is 5.11 Å². The summed E-state index contributed by atoms with van der Waals surface area (Å²) in [6.45, 7) is 2.39. The third kappa shape index (κ3) is 2.46. The summed E-state index contributed by atoms with van der Waals surface area (Å²) in [6, 6.07) is 0. The van der Waals surface area contributed by atoms with E-state index in [0.717, 1.165) is 25.7 Å². The van der Waals surface area contributed by atoms with E-state index in [1.54, 1.807) is 0 Å². The van der Waals surface area contributed by atoms with E-state index in [4.69, 9.17) is 5.11 Å². The van der Waals surface area contributed by atoms with Gasteiger partial charge >= 0.3 is 0 Å². The largest absolute Gasteiger partial charge is 0.396 e. The van der Waals surface area contributed by atoms with Gasteiger partial charge in [-0.15, -0.1) is 0 Å². The summed E-state index contributed by atoms with van der Waals surface area (Å²) in [4.78, 5) is 0. The zero-order valence-corrected chi connectivity index (χ0v) is 7.16. The minimum Gasteiger partial charge on any atom is -0.396 e. The molecule has 11 heavy (non-hydrogen) atoms. The van der Waals surface area contributed by atoms with Gasteiger partial charge in [0, 0.05) is 6.61 Å². The van der Waals surface area contributed by atoms with E-state index >= 15 is 0 Å². The van der Waals surface area contributed by atoms with Crippen molar-refractivity contribution < 1.29 is 10.2 Å². The Kier molecular flexibility index (Phi) is 3.34. The van der Waals surface area contributed by atoms with Gasteiger partial charge in [0.25, 0.3) is 0 Å². The van der Waals surface area contributed by atoms with Gasteiger partial charge in [-0.3, -0.25) is 0 Å². The summed E-state index contributed by atoms with van der Waals surface area (Å²) in [5, 5.41) is 18.3. The molecule has 1 rings (SSSR count). The summed E-state index contributed by atoms with van der Waals surface area (Å²) in [5.41, 5.74) is 0. The third-order valence-electron chi connectivity index (χ3n) is 2.56. The molecular weight excluding hydrogens is 140 g/mol. The average molecular weight is 158 g/mol. The van der Waals surface area contributed by atoms with Crippen LogP contribution in [0.4, 0.5) is 0 Å². The lowest BCUT2D eigenvalue weighted by atomic mass is 10.1. The molecule has 3 atom stereocenters. The van der Waals surface area contributed by atoms with Crippen molar-refractivity contribution in [3.05, 3.63) is 0 Å². The first kappa shape index (κ1) is 9.01. The normalized spacial score (nSPS) is 31.9. The second-order valence-corrected chi connectivity index (χ2v) is 3.55. The topological polar surface area (TPSA) is 40.5 Å². The van der Waals surface area contributed by atoms with Crippen molar-refractivity contribution in [1.82, 2.24) is 0 Å². The lowest BCUT2D eigenvalue weighted by Crippen LogP contribution is -2.11. The third-order valence-corrected chi connectivity index (χ3v) is 2.56. The number of hydrogen-bond donors (Lipinski definition) is 2. The summed E-state index contributed by atoms with van der Waals surface area (Å²) < 4.78 is 0. The van der Waals surface area contributed by atoms with Gasteiger partial charge in [0.05, 0.1) is 6.10 Å². The summed E-state index contributed by atoms with van der Waals surface area (Å²) in [7, 11) is 0. The van der Waals surface area contributed by atoms with E-state index < -0.39 is 0 Å². The predicted molar refractivity (Wildman–Crippen MR) is 44.2 cm³/mol. The lowest BCUT2D eigenvalue weighted by Gasteiger charge is -2.07. The van der Waals surface area contributed by atoms with Crippen molar-refractivity contribution in [3.8, 4) is 0 Å². The molecule has 0 aliphatic heterocycles. The monoisotopic (exact) mass is 158 g/mol. The molecule has 2 N–H and O–H groups in total. The Morgan fingerprint density at radius 1 is 1.55 bits per heavy atom. The van der Waals surface area contributed by atoms with Gasteiger partial charge in [-0.05, 0) is 24.7 Å². The first-order valence-corrected chi connectivity index (χ1v) is 4.58. The lowest BCUT2D eigenvalue weighted by molar-refractivity contribution is 0.124. The molecule has 1 unspecified atom stereocenters. The zero-order chi connectivity index (χ0) is 8.27. The Hall–Kier alpha value is -0.0800. The minimum absolute atomic E-state index is 0.146. The van der Waals surface area contributed by atoms with Gasteiger partial charge in [0.15, 0.2) is 0 Å². The zero-order valence-electron chi connectivity index (χ0n) is 7.16. The van der Waals surface area contributed by atoms with E-state index in [1.165, 1.54) is 0 Å². The molecular formula is C9H18O2. The fourth-order valence-electron chi connectivity index (χ4n) is 1.58. The number of rotatable bonds is 5. The second kappa shape index (κ2) is 4.07. The molecule has 2 nitrogen and oxygen atoms in total. The van der Waals surface area contributed by atoms with Crippen LogP contribution in [-0.2, 0) is 0 Å². The first-order valence-electron chi connectivity index (χ1n) is 4.58. The van der Waals surface area contributed by atoms with E-state index in [0.29, 0.717) is 11.8 Å². The molecule has 0 spiro atoms. The Morgan fingerprint density at radius 3 is 2.73 bits per heavy atom. The van der Waals surface area contributed by atoms with Crippen LogP contribution in [0.2, 0.25) is 0 Å². The molecule has 0 saturated heterocycles. The standard InChI is InChI=1S/C9H18O2/c1-2-3-4-9(11)8-5-7(8)6-10/h7-11H,2-6H2,1H3/t7-,8-,9?/m0/s1. The van der Waals surface area contributed by atoms with Gasteiger partial charge in [0.1, 0.15) is 0 Å².